The van der Waals surface area contributed by atoms with Crippen molar-refractivity contribution >= 4 is 12.0 Å². The summed E-state index contributed by atoms with van der Waals surface area (Å²) in [7, 11) is 0. The summed E-state index contributed by atoms with van der Waals surface area (Å²) in [6.07, 6.45) is 3.36. The van der Waals surface area contributed by atoms with E-state index in [2.05, 4.69) is 19.2 Å². The van der Waals surface area contributed by atoms with Gasteiger partial charge in [0.25, 0.3) is 0 Å². The molecule has 0 aromatic heterocycles. The Labute approximate surface area is 127 Å². The normalized spacial score (nSPS) is 33.4. The molecule has 2 heterocycles. The van der Waals surface area contributed by atoms with Crippen molar-refractivity contribution in [2.24, 2.45) is 5.92 Å². The molecule has 2 aliphatic heterocycles. The number of fused-ring (bicyclic) bond motifs is 1. The van der Waals surface area contributed by atoms with Gasteiger partial charge in [-0.1, -0.05) is 6.92 Å². The topological polar surface area (TPSA) is 58.6 Å². The zero-order valence-corrected chi connectivity index (χ0v) is 13.8. The molecule has 2 amide bonds. The van der Waals surface area contributed by atoms with E-state index in [-0.39, 0.29) is 11.9 Å². The fourth-order valence-corrected chi connectivity index (χ4v) is 3.51. The second-order valence-corrected chi connectivity index (χ2v) is 7.60. The Kier molecular flexibility index (Phi) is 4.49. The summed E-state index contributed by atoms with van der Waals surface area (Å²) in [5, 5.41) is 2.78. The van der Waals surface area contributed by atoms with Crippen molar-refractivity contribution < 1.29 is 14.3 Å². The SMILES string of the molecule is CC1C[C@H]2CC[C@@H](C)N2C(=O)[C@@H](NC(=O)OC(C)(C)C)C1. The molecule has 2 aliphatic rings. The van der Waals surface area contributed by atoms with E-state index >= 15 is 0 Å². The summed E-state index contributed by atoms with van der Waals surface area (Å²) in [6, 6.07) is 0.157. The van der Waals surface area contributed by atoms with Crippen LogP contribution >= 0.6 is 0 Å². The lowest BCUT2D eigenvalue weighted by molar-refractivity contribution is -0.135. The first-order valence-electron chi connectivity index (χ1n) is 7.99. The van der Waals surface area contributed by atoms with Gasteiger partial charge >= 0.3 is 6.09 Å². The van der Waals surface area contributed by atoms with E-state index in [4.69, 9.17) is 4.74 Å². The minimum atomic E-state index is -0.549. The lowest BCUT2D eigenvalue weighted by atomic mass is 9.96. The van der Waals surface area contributed by atoms with Crippen LogP contribution in [0, 0.1) is 5.92 Å². The van der Waals surface area contributed by atoms with Crippen LogP contribution < -0.4 is 5.32 Å². The van der Waals surface area contributed by atoms with Gasteiger partial charge in [-0.05, 0) is 59.3 Å². The smallest absolute Gasteiger partial charge is 0.408 e. The Bertz CT molecular complexity index is 416. The highest BCUT2D eigenvalue weighted by molar-refractivity contribution is 5.86. The minimum Gasteiger partial charge on any atom is -0.444 e. The maximum absolute atomic E-state index is 12.7. The Morgan fingerprint density at radius 2 is 1.90 bits per heavy atom. The molecule has 0 bridgehead atoms. The Morgan fingerprint density at radius 3 is 2.52 bits per heavy atom. The molecular weight excluding hydrogens is 268 g/mol. The third-order valence-corrected chi connectivity index (χ3v) is 4.34. The minimum absolute atomic E-state index is 0.0557. The molecule has 0 aromatic carbocycles. The van der Waals surface area contributed by atoms with Gasteiger partial charge in [-0.3, -0.25) is 4.79 Å². The third kappa shape index (κ3) is 3.89. The van der Waals surface area contributed by atoms with Gasteiger partial charge in [0.2, 0.25) is 5.91 Å². The summed E-state index contributed by atoms with van der Waals surface area (Å²) >= 11 is 0. The monoisotopic (exact) mass is 296 g/mol. The average Bonchev–Trinajstić information content (AvgIpc) is 2.60. The van der Waals surface area contributed by atoms with Crippen LogP contribution in [0.4, 0.5) is 4.79 Å². The van der Waals surface area contributed by atoms with Gasteiger partial charge in [0.15, 0.2) is 0 Å². The predicted octanol–water partition coefficient (Wildman–Crippen LogP) is 2.69. The van der Waals surface area contributed by atoms with Gasteiger partial charge in [-0.2, -0.15) is 0 Å². The van der Waals surface area contributed by atoms with Crippen LogP contribution in [0.1, 0.15) is 60.3 Å². The molecule has 0 aliphatic carbocycles. The lowest BCUT2D eigenvalue weighted by Gasteiger charge is -2.29. The highest BCUT2D eigenvalue weighted by Crippen LogP contribution is 2.33. The van der Waals surface area contributed by atoms with Gasteiger partial charge in [0.05, 0.1) is 0 Å². The second-order valence-electron chi connectivity index (χ2n) is 7.60. The summed E-state index contributed by atoms with van der Waals surface area (Å²) in [4.78, 5) is 26.7. The molecule has 5 heteroatoms. The molecule has 2 fully saturated rings. The fraction of sp³-hybridized carbons (Fsp3) is 0.875. The van der Waals surface area contributed by atoms with Crippen molar-refractivity contribution in [3.63, 3.8) is 0 Å². The number of carbonyl (C=O) groups excluding carboxylic acids is 2. The van der Waals surface area contributed by atoms with Crippen molar-refractivity contribution in [1.29, 1.82) is 0 Å². The number of carbonyl (C=O) groups is 2. The molecule has 0 spiro atoms. The molecule has 0 aromatic rings. The molecular formula is C16H28N2O3. The van der Waals surface area contributed by atoms with Crippen molar-refractivity contribution in [1.82, 2.24) is 10.2 Å². The van der Waals surface area contributed by atoms with Crippen LogP contribution in [0.2, 0.25) is 0 Å². The summed E-state index contributed by atoms with van der Waals surface area (Å²) in [6.45, 7) is 9.72. The zero-order valence-electron chi connectivity index (χ0n) is 13.8. The van der Waals surface area contributed by atoms with E-state index in [1.54, 1.807) is 0 Å². The van der Waals surface area contributed by atoms with E-state index in [1.807, 2.05) is 25.7 Å². The Hall–Kier alpha value is -1.26. The fourth-order valence-electron chi connectivity index (χ4n) is 3.51. The summed E-state index contributed by atoms with van der Waals surface area (Å²) < 4.78 is 5.28. The summed E-state index contributed by atoms with van der Waals surface area (Å²) in [5.74, 6) is 0.481. The van der Waals surface area contributed by atoms with Crippen LogP contribution in [-0.4, -0.2) is 40.6 Å². The van der Waals surface area contributed by atoms with Crippen LogP contribution in [0.15, 0.2) is 0 Å². The molecule has 1 unspecified atom stereocenters. The molecule has 5 nitrogen and oxygen atoms in total. The number of alkyl carbamates (subject to hydrolysis) is 1. The van der Waals surface area contributed by atoms with E-state index in [0.717, 1.165) is 19.3 Å². The van der Waals surface area contributed by atoms with E-state index in [1.165, 1.54) is 0 Å². The maximum atomic E-state index is 12.7. The number of amides is 2. The third-order valence-electron chi connectivity index (χ3n) is 4.34. The van der Waals surface area contributed by atoms with Gasteiger partial charge < -0.3 is 15.0 Å². The number of rotatable bonds is 1. The van der Waals surface area contributed by atoms with E-state index < -0.39 is 17.7 Å². The first-order chi connectivity index (χ1) is 9.67. The van der Waals surface area contributed by atoms with Crippen LogP contribution in [0.3, 0.4) is 0 Å². The highest BCUT2D eigenvalue weighted by atomic mass is 16.6. The van der Waals surface area contributed by atoms with E-state index in [0.29, 0.717) is 18.4 Å². The maximum Gasteiger partial charge on any atom is 0.408 e. The molecule has 4 atom stereocenters. The average molecular weight is 296 g/mol. The first-order valence-corrected chi connectivity index (χ1v) is 7.99. The number of nitrogens with one attached hydrogen (secondary N) is 1. The molecule has 21 heavy (non-hydrogen) atoms. The lowest BCUT2D eigenvalue weighted by Crippen LogP contribution is -2.51. The van der Waals surface area contributed by atoms with Crippen molar-refractivity contribution in [2.75, 3.05) is 0 Å². The quantitative estimate of drug-likeness (QED) is 0.809. The molecule has 2 saturated heterocycles. The van der Waals surface area contributed by atoms with Crippen LogP contribution in [0.25, 0.3) is 0 Å². The molecule has 1 N–H and O–H groups in total. The molecule has 2 rings (SSSR count). The van der Waals surface area contributed by atoms with Gasteiger partial charge in [-0.25, -0.2) is 4.79 Å². The first kappa shape index (κ1) is 16.1. The Balaban J connectivity index is 2.07. The van der Waals surface area contributed by atoms with Crippen molar-refractivity contribution in [3.05, 3.63) is 0 Å². The molecule has 0 saturated carbocycles. The highest BCUT2D eigenvalue weighted by Gasteiger charge is 2.42. The largest absolute Gasteiger partial charge is 0.444 e. The standard InChI is InChI=1S/C16H28N2O3/c1-10-8-12-7-6-11(2)18(12)14(19)13(9-10)17-15(20)21-16(3,4)5/h10-13H,6-9H2,1-5H3,(H,17,20)/t10?,11-,12-,13+/m1/s1. The Morgan fingerprint density at radius 1 is 1.24 bits per heavy atom. The second kappa shape index (κ2) is 5.85. The number of ether oxygens (including phenoxy) is 1. The number of hydrogen-bond acceptors (Lipinski definition) is 3. The van der Waals surface area contributed by atoms with Crippen molar-refractivity contribution in [2.45, 2.75) is 84.0 Å². The van der Waals surface area contributed by atoms with Gasteiger partial charge in [-0.15, -0.1) is 0 Å². The number of nitrogens with zero attached hydrogens (tertiary/aromatic N) is 1. The zero-order chi connectivity index (χ0) is 15.8. The number of hydrogen-bond donors (Lipinski definition) is 1. The van der Waals surface area contributed by atoms with Gasteiger partial charge in [0, 0.05) is 12.1 Å². The molecule has 120 valence electrons. The van der Waals surface area contributed by atoms with E-state index in [9.17, 15) is 9.59 Å². The summed E-state index contributed by atoms with van der Waals surface area (Å²) in [5.41, 5.74) is -0.549. The predicted molar refractivity (Wildman–Crippen MR) is 80.9 cm³/mol. The van der Waals surface area contributed by atoms with Crippen LogP contribution in [-0.2, 0) is 9.53 Å². The molecule has 0 radical (unpaired) electrons. The van der Waals surface area contributed by atoms with Crippen molar-refractivity contribution in [3.8, 4) is 0 Å². The van der Waals surface area contributed by atoms with Gasteiger partial charge in [0.1, 0.15) is 11.6 Å². The van der Waals surface area contributed by atoms with Crippen LogP contribution in [0.5, 0.6) is 0 Å².